The number of carbonyl (C=O) groups excluding carboxylic acids is 1. The lowest BCUT2D eigenvalue weighted by Crippen LogP contribution is -2.38. The Kier molecular flexibility index (Phi) is 2.76. The van der Waals surface area contributed by atoms with Crippen LogP contribution in [0.15, 0.2) is 24.3 Å². The molecule has 0 amide bonds. The maximum atomic E-state index is 11.4. The molecule has 0 saturated heterocycles. The van der Waals surface area contributed by atoms with Gasteiger partial charge in [0.25, 0.3) is 0 Å². The molecule has 1 aliphatic heterocycles. The molecule has 80 valence electrons. The summed E-state index contributed by atoms with van der Waals surface area (Å²) in [6.07, 6.45) is -0.542. The summed E-state index contributed by atoms with van der Waals surface area (Å²) in [5.41, 5.74) is 0.915. The smallest absolute Gasteiger partial charge is 0.349 e. The van der Waals surface area contributed by atoms with Gasteiger partial charge in [0.1, 0.15) is 5.75 Å². The van der Waals surface area contributed by atoms with Crippen molar-refractivity contribution in [1.82, 2.24) is 0 Å². The maximum Gasteiger partial charge on any atom is 0.349 e. The number of carbonyl (C=O) groups is 1. The van der Waals surface area contributed by atoms with E-state index >= 15 is 0 Å². The average molecular weight is 207 g/mol. The van der Waals surface area contributed by atoms with Crippen LogP contribution in [0.25, 0.3) is 0 Å². The van der Waals surface area contributed by atoms with Crippen molar-refractivity contribution in [3.63, 3.8) is 0 Å². The Balaban J connectivity index is 2.08. The number of nitrogens with one attached hydrogen (secondary N) is 1. The lowest BCUT2D eigenvalue weighted by Gasteiger charge is -2.25. The van der Waals surface area contributed by atoms with Gasteiger partial charge >= 0.3 is 5.97 Å². The highest BCUT2D eigenvalue weighted by Crippen LogP contribution is 2.28. The van der Waals surface area contributed by atoms with E-state index in [1.165, 1.54) is 0 Å². The predicted octanol–water partition coefficient (Wildman–Crippen LogP) is 1.42. The van der Waals surface area contributed by atoms with Gasteiger partial charge in [0.15, 0.2) is 0 Å². The van der Waals surface area contributed by atoms with Crippen LogP contribution in [0, 0.1) is 0 Å². The molecule has 0 unspecified atom stereocenters. The molecule has 4 nitrogen and oxygen atoms in total. The van der Waals surface area contributed by atoms with Gasteiger partial charge in [0.05, 0.1) is 18.8 Å². The second-order valence-electron chi connectivity index (χ2n) is 3.24. The van der Waals surface area contributed by atoms with Gasteiger partial charge < -0.3 is 14.8 Å². The minimum Gasteiger partial charge on any atom is -0.475 e. The molecule has 0 fully saturated rings. The highest BCUT2D eigenvalue weighted by atomic mass is 16.6. The molecule has 0 bridgehead atoms. The molecule has 2 rings (SSSR count). The van der Waals surface area contributed by atoms with Crippen molar-refractivity contribution in [3.05, 3.63) is 24.3 Å². The van der Waals surface area contributed by atoms with E-state index in [1.807, 2.05) is 24.3 Å². The van der Waals surface area contributed by atoms with Crippen LogP contribution in [-0.4, -0.2) is 25.2 Å². The summed E-state index contributed by atoms with van der Waals surface area (Å²) in [6.45, 7) is 2.61. The minimum atomic E-state index is -0.542. The molecular weight excluding hydrogens is 194 g/mol. The number of hydrogen-bond donors (Lipinski definition) is 1. The van der Waals surface area contributed by atoms with Crippen LogP contribution in [0.3, 0.4) is 0 Å². The minimum absolute atomic E-state index is 0.320. The molecule has 0 aliphatic carbocycles. The van der Waals surface area contributed by atoms with Gasteiger partial charge in [-0.1, -0.05) is 12.1 Å². The summed E-state index contributed by atoms with van der Waals surface area (Å²) >= 11 is 0. The van der Waals surface area contributed by atoms with Gasteiger partial charge in [-0.25, -0.2) is 4.79 Å². The fourth-order valence-corrected chi connectivity index (χ4v) is 1.48. The van der Waals surface area contributed by atoms with E-state index in [1.54, 1.807) is 6.92 Å². The maximum absolute atomic E-state index is 11.4. The molecule has 0 saturated carbocycles. The summed E-state index contributed by atoms with van der Waals surface area (Å²) < 4.78 is 10.4. The fraction of sp³-hybridized carbons (Fsp3) is 0.364. The SMILES string of the molecule is CCOC(=O)[C@@H]1CNc2ccccc2O1. The summed E-state index contributed by atoms with van der Waals surface area (Å²) in [7, 11) is 0. The number of rotatable bonds is 2. The van der Waals surface area contributed by atoms with Crippen LogP contribution < -0.4 is 10.1 Å². The summed E-state index contributed by atoms with van der Waals surface area (Å²) in [4.78, 5) is 11.4. The number of fused-ring (bicyclic) bond motifs is 1. The van der Waals surface area contributed by atoms with Crippen molar-refractivity contribution >= 4 is 11.7 Å². The van der Waals surface area contributed by atoms with E-state index < -0.39 is 6.10 Å². The third kappa shape index (κ3) is 2.03. The Hall–Kier alpha value is -1.71. The Bertz CT molecular complexity index is 365. The first-order valence-corrected chi connectivity index (χ1v) is 4.97. The van der Waals surface area contributed by atoms with Gasteiger partial charge in [0.2, 0.25) is 6.10 Å². The van der Waals surface area contributed by atoms with E-state index in [0.29, 0.717) is 18.9 Å². The van der Waals surface area contributed by atoms with Gasteiger partial charge in [-0.2, -0.15) is 0 Å². The second-order valence-corrected chi connectivity index (χ2v) is 3.24. The molecule has 1 aromatic carbocycles. The molecular formula is C11H13NO3. The van der Waals surface area contributed by atoms with E-state index in [2.05, 4.69) is 5.32 Å². The van der Waals surface area contributed by atoms with Crippen LogP contribution in [0.2, 0.25) is 0 Å². The zero-order chi connectivity index (χ0) is 10.7. The van der Waals surface area contributed by atoms with E-state index in [9.17, 15) is 4.79 Å². The normalized spacial score (nSPS) is 18.3. The van der Waals surface area contributed by atoms with Crippen LogP contribution in [0.5, 0.6) is 5.75 Å². The van der Waals surface area contributed by atoms with Crippen molar-refractivity contribution in [2.75, 3.05) is 18.5 Å². The number of anilines is 1. The van der Waals surface area contributed by atoms with Gasteiger partial charge in [-0.15, -0.1) is 0 Å². The first-order valence-electron chi connectivity index (χ1n) is 4.97. The lowest BCUT2D eigenvalue weighted by atomic mass is 10.2. The Labute approximate surface area is 88.2 Å². The molecule has 1 aromatic rings. The van der Waals surface area contributed by atoms with Gasteiger partial charge in [-0.3, -0.25) is 0 Å². The van der Waals surface area contributed by atoms with Crippen LogP contribution in [0.1, 0.15) is 6.92 Å². The number of ether oxygens (including phenoxy) is 2. The molecule has 1 N–H and O–H groups in total. The highest BCUT2D eigenvalue weighted by Gasteiger charge is 2.26. The summed E-state index contributed by atoms with van der Waals surface area (Å²) in [5.74, 6) is 0.376. The topological polar surface area (TPSA) is 47.6 Å². The summed E-state index contributed by atoms with van der Waals surface area (Å²) in [5, 5.41) is 3.13. The third-order valence-corrected chi connectivity index (χ3v) is 2.18. The van der Waals surface area contributed by atoms with Crippen molar-refractivity contribution in [1.29, 1.82) is 0 Å². The van der Waals surface area contributed by atoms with Crippen LogP contribution >= 0.6 is 0 Å². The number of esters is 1. The van der Waals surface area contributed by atoms with Gasteiger partial charge in [-0.05, 0) is 19.1 Å². The van der Waals surface area contributed by atoms with Crippen molar-refractivity contribution in [3.8, 4) is 5.75 Å². The van der Waals surface area contributed by atoms with Crippen molar-refractivity contribution < 1.29 is 14.3 Å². The number of benzene rings is 1. The Morgan fingerprint density at radius 2 is 2.40 bits per heavy atom. The first-order chi connectivity index (χ1) is 7.31. The molecule has 15 heavy (non-hydrogen) atoms. The molecule has 4 heteroatoms. The fourth-order valence-electron chi connectivity index (χ4n) is 1.48. The molecule has 1 atom stereocenters. The largest absolute Gasteiger partial charge is 0.475 e. The van der Waals surface area contributed by atoms with Crippen molar-refractivity contribution in [2.24, 2.45) is 0 Å². The number of hydrogen-bond acceptors (Lipinski definition) is 4. The average Bonchev–Trinajstić information content (AvgIpc) is 2.29. The molecule has 0 radical (unpaired) electrons. The Morgan fingerprint density at radius 1 is 1.60 bits per heavy atom. The van der Waals surface area contributed by atoms with Crippen LogP contribution in [-0.2, 0) is 9.53 Å². The van der Waals surface area contributed by atoms with E-state index in [4.69, 9.17) is 9.47 Å². The molecule has 0 spiro atoms. The van der Waals surface area contributed by atoms with Crippen molar-refractivity contribution in [2.45, 2.75) is 13.0 Å². The number of para-hydroxylation sites is 2. The third-order valence-electron chi connectivity index (χ3n) is 2.18. The van der Waals surface area contributed by atoms with Gasteiger partial charge in [0, 0.05) is 0 Å². The molecule has 1 aliphatic rings. The predicted molar refractivity (Wildman–Crippen MR) is 56.0 cm³/mol. The standard InChI is InChI=1S/C11H13NO3/c1-2-14-11(13)10-7-12-8-5-3-4-6-9(8)15-10/h3-6,10,12H,2,7H2,1H3/t10-/m0/s1. The second kappa shape index (κ2) is 4.21. The highest BCUT2D eigenvalue weighted by molar-refractivity contribution is 5.77. The summed E-state index contributed by atoms with van der Waals surface area (Å²) in [6, 6.07) is 7.53. The zero-order valence-corrected chi connectivity index (χ0v) is 8.53. The molecule has 0 aromatic heterocycles. The quantitative estimate of drug-likeness (QED) is 0.745. The van der Waals surface area contributed by atoms with Crippen LogP contribution in [0.4, 0.5) is 5.69 Å². The Morgan fingerprint density at radius 3 is 3.20 bits per heavy atom. The molecule has 1 heterocycles. The van der Waals surface area contributed by atoms with E-state index in [0.717, 1.165) is 5.69 Å². The monoisotopic (exact) mass is 207 g/mol. The first kappa shape index (κ1) is 9.83. The van der Waals surface area contributed by atoms with E-state index in [-0.39, 0.29) is 5.97 Å². The zero-order valence-electron chi connectivity index (χ0n) is 8.53. The lowest BCUT2D eigenvalue weighted by molar-refractivity contribution is -0.150.